The van der Waals surface area contributed by atoms with Gasteiger partial charge in [-0.15, -0.1) is 0 Å². The summed E-state index contributed by atoms with van der Waals surface area (Å²) in [7, 11) is 0. The molecule has 0 aliphatic heterocycles. The molecule has 0 unspecified atom stereocenters. The Morgan fingerprint density at radius 3 is 2.41 bits per heavy atom. The molecule has 0 atom stereocenters. The summed E-state index contributed by atoms with van der Waals surface area (Å²) in [6.45, 7) is 2.19. The van der Waals surface area contributed by atoms with Crippen molar-refractivity contribution < 1.29 is 39.5 Å². The molecule has 88 valence electrons. The first kappa shape index (κ1) is 16.7. The van der Waals surface area contributed by atoms with Gasteiger partial charge in [-0.1, -0.05) is 44.0 Å². The number of rotatable bonds is 7. The van der Waals surface area contributed by atoms with Crippen LogP contribution in [-0.2, 0) is 17.6 Å². The van der Waals surface area contributed by atoms with Crippen molar-refractivity contribution in [2.75, 3.05) is 0 Å². The smallest absolute Gasteiger partial charge is 0.550 e. The van der Waals surface area contributed by atoms with Crippen LogP contribution in [0.4, 0.5) is 0 Å². The average Bonchev–Trinajstić information content (AvgIpc) is 2.27. The number of unbranched alkanes of at least 4 members (excludes halogenated alkanes) is 2. The molecule has 0 N–H and O–H groups in total. The van der Waals surface area contributed by atoms with Gasteiger partial charge in [-0.3, -0.25) is 0 Å². The molecule has 0 aliphatic carbocycles. The van der Waals surface area contributed by atoms with Gasteiger partial charge in [-0.25, -0.2) is 0 Å². The van der Waals surface area contributed by atoms with Gasteiger partial charge in [-0.2, -0.15) is 0 Å². The number of carbonyl (C=O) groups excluding carboxylic acids is 1. The summed E-state index contributed by atoms with van der Waals surface area (Å²) >= 11 is 0. The van der Waals surface area contributed by atoms with Crippen molar-refractivity contribution in [3.05, 3.63) is 35.4 Å². The predicted molar refractivity (Wildman–Crippen MR) is 63.0 cm³/mol. The first-order chi connectivity index (χ1) is 7.72. The van der Waals surface area contributed by atoms with E-state index in [1.165, 1.54) is 24.8 Å². The number of hydrogen-bond donors (Lipinski definition) is 0. The number of hydrogen-bond acceptors (Lipinski definition) is 2. The second kappa shape index (κ2) is 9.69. The van der Waals surface area contributed by atoms with Crippen LogP contribution in [0, 0.1) is 0 Å². The number of carboxylic acid groups (broad SMARTS) is 1. The molecule has 0 aliphatic rings. The maximum Gasteiger partial charge on any atom is 1.00 e. The minimum Gasteiger partial charge on any atom is -0.550 e. The van der Waals surface area contributed by atoms with Gasteiger partial charge in [0.2, 0.25) is 0 Å². The number of aliphatic carboxylic acids is 1. The molecule has 1 aromatic carbocycles. The predicted octanol–water partition coefficient (Wildman–Crippen LogP) is -0.894. The standard InChI is InChI=1S/C14H20O2.Na/c1-2-3-4-6-12-7-5-8-13(11-12)9-10-14(15)16;/h5,7-8,11H,2-4,6,9-10H2,1H3,(H,15,16);/q;+1/p-1. The van der Waals surface area contributed by atoms with Crippen molar-refractivity contribution in [1.82, 2.24) is 0 Å². The summed E-state index contributed by atoms with van der Waals surface area (Å²) in [5, 5.41) is 10.4. The molecule has 0 bridgehead atoms. The fourth-order valence-corrected chi connectivity index (χ4v) is 1.77. The molecule has 0 aromatic heterocycles. The first-order valence-electron chi connectivity index (χ1n) is 6.00. The Morgan fingerprint density at radius 2 is 1.82 bits per heavy atom. The minimum absolute atomic E-state index is 0. The summed E-state index contributed by atoms with van der Waals surface area (Å²) in [4.78, 5) is 10.4. The average molecular weight is 242 g/mol. The molecule has 17 heavy (non-hydrogen) atoms. The van der Waals surface area contributed by atoms with Crippen molar-refractivity contribution in [3.8, 4) is 0 Å². The van der Waals surface area contributed by atoms with E-state index in [9.17, 15) is 9.90 Å². The van der Waals surface area contributed by atoms with Crippen molar-refractivity contribution in [3.63, 3.8) is 0 Å². The zero-order valence-electron chi connectivity index (χ0n) is 10.9. The molecule has 0 saturated carbocycles. The Morgan fingerprint density at radius 1 is 1.18 bits per heavy atom. The zero-order chi connectivity index (χ0) is 11.8. The molecule has 0 saturated heterocycles. The molecular formula is C14H19NaO2. The second-order valence-corrected chi connectivity index (χ2v) is 4.15. The Kier molecular flexibility index (Phi) is 9.52. The molecule has 1 aromatic rings. The van der Waals surface area contributed by atoms with Gasteiger partial charge in [-0.05, 0) is 36.8 Å². The summed E-state index contributed by atoms with van der Waals surface area (Å²) in [5.41, 5.74) is 2.41. The molecule has 0 heterocycles. The number of carboxylic acids is 1. The van der Waals surface area contributed by atoms with E-state index in [1.807, 2.05) is 12.1 Å². The zero-order valence-corrected chi connectivity index (χ0v) is 12.9. The summed E-state index contributed by atoms with van der Waals surface area (Å²) in [6, 6.07) is 8.20. The van der Waals surface area contributed by atoms with Gasteiger partial charge in [0.1, 0.15) is 0 Å². The van der Waals surface area contributed by atoms with Crippen LogP contribution in [0.15, 0.2) is 24.3 Å². The van der Waals surface area contributed by atoms with Crippen LogP contribution in [0.25, 0.3) is 0 Å². The van der Waals surface area contributed by atoms with E-state index in [0.717, 1.165) is 12.0 Å². The van der Waals surface area contributed by atoms with E-state index < -0.39 is 5.97 Å². The van der Waals surface area contributed by atoms with Crippen LogP contribution in [0.2, 0.25) is 0 Å². The van der Waals surface area contributed by atoms with Crippen LogP contribution < -0.4 is 34.7 Å². The summed E-state index contributed by atoms with van der Waals surface area (Å²) < 4.78 is 0. The van der Waals surface area contributed by atoms with Gasteiger partial charge in [0.25, 0.3) is 0 Å². The molecule has 3 heteroatoms. The molecule has 0 fully saturated rings. The Labute approximate surface area is 126 Å². The third-order valence-electron chi connectivity index (χ3n) is 2.68. The van der Waals surface area contributed by atoms with Gasteiger partial charge in [0.05, 0.1) is 0 Å². The van der Waals surface area contributed by atoms with E-state index >= 15 is 0 Å². The van der Waals surface area contributed by atoms with E-state index in [1.54, 1.807) is 0 Å². The maximum absolute atomic E-state index is 10.4. The number of aryl methyl sites for hydroxylation is 2. The van der Waals surface area contributed by atoms with Crippen LogP contribution in [-0.4, -0.2) is 5.97 Å². The largest absolute Gasteiger partial charge is 1.00 e. The van der Waals surface area contributed by atoms with Gasteiger partial charge >= 0.3 is 29.6 Å². The molecule has 0 radical (unpaired) electrons. The van der Waals surface area contributed by atoms with Crippen molar-refractivity contribution >= 4 is 5.97 Å². The SMILES string of the molecule is CCCCCc1cccc(CCC(=O)[O-])c1.[Na+]. The van der Waals surface area contributed by atoms with E-state index in [-0.39, 0.29) is 36.0 Å². The number of benzene rings is 1. The van der Waals surface area contributed by atoms with Crippen LogP contribution in [0.1, 0.15) is 43.7 Å². The monoisotopic (exact) mass is 242 g/mol. The Hall–Kier alpha value is -0.310. The van der Waals surface area contributed by atoms with Crippen molar-refractivity contribution in [1.29, 1.82) is 0 Å². The van der Waals surface area contributed by atoms with Crippen molar-refractivity contribution in [2.45, 2.75) is 45.4 Å². The quantitative estimate of drug-likeness (QED) is 0.459. The van der Waals surface area contributed by atoms with Crippen molar-refractivity contribution in [2.24, 2.45) is 0 Å². The molecule has 0 spiro atoms. The van der Waals surface area contributed by atoms with Gasteiger partial charge in [0, 0.05) is 5.97 Å². The van der Waals surface area contributed by atoms with Gasteiger partial charge < -0.3 is 9.90 Å². The normalized spacial score (nSPS) is 9.71. The summed E-state index contributed by atoms with van der Waals surface area (Å²) in [6.07, 6.45) is 5.46. The fraction of sp³-hybridized carbons (Fsp3) is 0.500. The topological polar surface area (TPSA) is 40.1 Å². The number of carbonyl (C=O) groups is 1. The summed E-state index contributed by atoms with van der Waals surface area (Å²) in [5.74, 6) is -0.976. The third kappa shape index (κ3) is 7.58. The van der Waals surface area contributed by atoms with Crippen LogP contribution in [0.5, 0.6) is 0 Å². The third-order valence-corrected chi connectivity index (χ3v) is 2.68. The van der Waals surface area contributed by atoms with Crippen LogP contribution in [0.3, 0.4) is 0 Å². The van der Waals surface area contributed by atoms with E-state index in [0.29, 0.717) is 6.42 Å². The Bertz CT molecular complexity index is 337. The molecular weight excluding hydrogens is 223 g/mol. The first-order valence-corrected chi connectivity index (χ1v) is 6.00. The maximum atomic E-state index is 10.4. The minimum atomic E-state index is -0.976. The van der Waals surface area contributed by atoms with Gasteiger partial charge in [0.15, 0.2) is 0 Å². The Balaban J connectivity index is 0.00000256. The molecule has 0 amide bonds. The van der Waals surface area contributed by atoms with E-state index in [4.69, 9.17) is 0 Å². The molecule has 2 nitrogen and oxygen atoms in total. The van der Waals surface area contributed by atoms with E-state index in [2.05, 4.69) is 19.1 Å². The van der Waals surface area contributed by atoms with Crippen LogP contribution >= 0.6 is 0 Å². The molecule has 1 rings (SSSR count). The second-order valence-electron chi connectivity index (χ2n) is 4.15. The fourth-order valence-electron chi connectivity index (χ4n) is 1.77.